The van der Waals surface area contributed by atoms with Crippen molar-refractivity contribution in [3.8, 4) is 0 Å². The standard InChI is InChI=1S/C26H29N3O3S2/c1-14(2)32-25(31)22-16(4)27-26-29(23(22)18-8-10-20(33-7)11-9-18)24(30)21(34-26)13-19-12-15(3)28(6)17(19)5/h8-14,23H,1-7H3/t23-/m0/s1. The molecule has 3 heterocycles. The summed E-state index contributed by atoms with van der Waals surface area (Å²) in [6.07, 6.45) is 3.66. The maximum atomic E-state index is 13.7. The number of carbonyl (C=O) groups is 1. The Morgan fingerprint density at radius 3 is 2.44 bits per heavy atom. The highest BCUT2D eigenvalue weighted by molar-refractivity contribution is 7.98. The molecule has 1 aromatic carbocycles. The number of esters is 1. The molecule has 0 saturated carbocycles. The van der Waals surface area contributed by atoms with E-state index in [4.69, 9.17) is 4.74 Å². The van der Waals surface area contributed by atoms with Crippen molar-refractivity contribution in [3.05, 3.63) is 83.8 Å². The minimum atomic E-state index is -0.598. The quantitative estimate of drug-likeness (QED) is 0.398. The number of nitrogens with zero attached hydrogens (tertiary/aromatic N) is 3. The van der Waals surface area contributed by atoms with Gasteiger partial charge in [0.05, 0.1) is 27.9 Å². The summed E-state index contributed by atoms with van der Waals surface area (Å²) in [6, 6.07) is 9.43. The summed E-state index contributed by atoms with van der Waals surface area (Å²) in [5, 5.41) is 0. The molecule has 178 valence electrons. The van der Waals surface area contributed by atoms with Crippen LogP contribution in [0.3, 0.4) is 0 Å². The van der Waals surface area contributed by atoms with Crippen LogP contribution in [0.2, 0.25) is 0 Å². The van der Waals surface area contributed by atoms with Crippen molar-refractivity contribution in [1.82, 2.24) is 9.13 Å². The Balaban J connectivity index is 1.95. The van der Waals surface area contributed by atoms with E-state index in [-0.39, 0.29) is 11.7 Å². The summed E-state index contributed by atoms with van der Waals surface area (Å²) in [7, 11) is 2.01. The van der Waals surface area contributed by atoms with E-state index < -0.39 is 12.0 Å². The summed E-state index contributed by atoms with van der Waals surface area (Å²) in [5.41, 5.74) is 4.87. The number of ether oxygens (including phenoxy) is 1. The van der Waals surface area contributed by atoms with Gasteiger partial charge in [-0.3, -0.25) is 9.36 Å². The van der Waals surface area contributed by atoms with Crippen molar-refractivity contribution in [2.24, 2.45) is 12.0 Å². The van der Waals surface area contributed by atoms with Crippen LogP contribution in [0.4, 0.5) is 0 Å². The average molecular weight is 496 g/mol. The molecule has 8 heteroatoms. The van der Waals surface area contributed by atoms with Gasteiger partial charge in [-0.1, -0.05) is 23.5 Å². The summed E-state index contributed by atoms with van der Waals surface area (Å²) in [4.78, 5) is 33.2. The van der Waals surface area contributed by atoms with Crippen molar-refractivity contribution < 1.29 is 9.53 Å². The molecule has 0 spiro atoms. The molecule has 6 nitrogen and oxygen atoms in total. The first-order chi connectivity index (χ1) is 16.1. The smallest absolute Gasteiger partial charge is 0.338 e. The third-order valence-corrected chi connectivity index (χ3v) is 7.84. The Hall–Kier alpha value is -2.84. The van der Waals surface area contributed by atoms with Gasteiger partial charge in [0.1, 0.15) is 0 Å². The molecule has 0 saturated heterocycles. The first kappa shape index (κ1) is 24.3. The summed E-state index contributed by atoms with van der Waals surface area (Å²) < 4.78 is 9.89. The van der Waals surface area contributed by atoms with Gasteiger partial charge in [0, 0.05) is 23.3 Å². The number of hydrogen-bond donors (Lipinski definition) is 0. The number of aromatic nitrogens is 2. The predicted octanol–water partition coefficient (Wildman–Crippen LogP) is 3.86. The molecule has 0 unspecified atom stereocenters. The summed E-state index contributed by atoms with van der Waals surface area (Å²) >= 11 is 2.99. The Bertz CT molecular complexity index is 1470. The lowest BCUT2D eigenvalue weighted by molar-refractivity contribution is -0.143. The first-order valence-corrected chi connectivity index (χ1v) is 13.2. The van der Waals surface area contributed by atoms with Crippen LogP contribution in [0.15, 0.2) is 56.3 Å². The van der Waals surface area contributed by atoms with Crippen molar-refractivity contribution in [1.29, 1.82) is 0 Å². The van der Waals surface area contributed by atoms with E-state index in [0.29, 0.717) is 20.6 Å². The highest BCUT2D eigenvalue weighted by atomic mass is 32.2. The van der Waals surface area contributed by atoms with Crippen LogP contribution >= 0.6 is 23.1 Å². The van der Waals surface area contributed by atoms with Gasteiger partial charge in [0.25, 0.3) is 5.56 Å². The molecule has 1 atom stereocenters. The largest absolute Gasteiger partial charge is 0.459 e. The van der Waals surface area contributed by atoms with Gasteiger partial charge < -0.3 is 9.30 Å². The number of aryl methyl sites for hydroxylation is 1. The third-order valence-electron chi connectivity index (χ3n) is 6.12. The number of fused-ring (bicyclic) bond motifs is 1. The molecule has 1 aliphatic heterocycles. The van der Waals surface area contributed by atoms with Crippen LogP contribution < -0.4 is 14.9 Å². The van der Waals surface area contributed by atoms with Gasteiger partial charge in [-0.25, -0.2) is 9.79 Å². The van der Waals surface area contributed by atoms with Crippen molar-refractivity contribution in [2.45, 2.75) is 51.7 Å². The maximum Gasteiger partial charge on any atom is 0.338 e. The van der Waals surface area contributed by atoms with Crippen LogP contribution in [-0.2, 0) is 16.6 Å². The van der Waals surface area contributed by atoms with Crippen LogP contribution in [0.5, 0.6) is 0 Å². The lowest BCUT2D eigenvalue weighted by Crippen LogP contribution is -2.40. The van der Waals surface area contributed by atoms with Crippen LogP contribution in [-0.4, -0.2) is 27.5 Å². The molecule has 0 aliphatic carbocycles. The molecule has 3 aromatic rings. The van der Waals surface area contributed by atoms with Crippen LogP contribution in [0.25, 0.3) is 6.08 Å². The zero-order valence-corrected chi connectivity index (χ0v) is 22.1. The lowest BCUT2D eigenvalue weighted by Gasteiger charge is -2.25. The fourth-order valence-corrected chi connectivity index (χ4v) is 5.58. The Kier molecular flexibility index (Phi) is 6.73. The number of allylic oxidation sites excluding steroid dienone is 1. The molecule has 0 bridgehead atoms. The monoisotopic (exact) mass is 495 g/mol. The minimum Gasteiger partial charge on any atom is -0.459 e. The van der Waals surface area contributed by atoms with E-state index in [1.807, 2.05) is 78.3 Å². The second kappa shape index (κ2) is 9.43. The van der Waals surface area contributed by atoms with Crippen LogP contribution in [0, 0.1) is 13.8 Å². The van der Waals surface area contributed by atoms with Crippen molar-refractivity contribution >= 4 is 35.1 Å². The third kappa shape index (κ3) is 4.32. The van der Waals surface area contributed by atoms with E-state index in [9.17, 15) is 9.59 Å². The number of thioether (sulfide) groups is 1. The SMILES string of the molecule is CSc1ccc([C@H]2C(C(=O)OC(C)C)=C(C)N=c3sc(=Cc4cc(C)n(C)c4C)c(=O)n32)cc1. The molecule has 0 amide bonds. The molecule has 0 fully saturated rings. The van der Waals surface area contributed by atoms with Crippen molar-refractivity contribution in [3.63, 3.8) is 0 Å². The van der Waals surface area contributed by atoms with Gasteiger partial charge in [0.15, 0.2) is 4.80 Å². The fourth-order valence-electron chi connectivity index (χ4n) is 4.13. The molecule has 2 aromatic heterocycles. The predicted molar refractivity (Wildman–Crippen MR) is 138 cm³/mol. The lowest BCUT2D eigenvalue weighted by atomic mass is 9.96. The zero-order chi connectivity index (χ0) is 24.7. The number of thiazole rings is 1. The zero-order valence-electron chi connectivity index (χ0n) is 20.5. The van der Waals surface area contributed by atoms with Gasteiger partial charge >= 0.3 is 5.97 Å². The number of rotatable bonds is 5. The molecule has 0 N–H and O–H groups in total. The Morgan fingerprint density at radius 1 is 1.21 bits per heavy atom. The van der Waals surface area contributed by atoms with Crippen LogP contribution in [0.1, 0.15) is 49.3 Å². The topological polar surface area (TPSA) is 65.6 Å². The van der Waals surface area contributed by atoms with E-state index in [1.165, 1.54) is 11.3 Å². The number of benzene rings is 1. The fraction of sp³-hybridized carbons (Fsp3) is 0.346. The molecule has 0 radical (unpaired) electrons. The second-order valence-corrected chi connectivity index (χ2v) is 10.6. The van der Waals surface area contributed by atoms with Crippen molar-refractivity contribution in [2.75, 3.05) is 6.26 Å². The second-order valence-electron chi connectivity index (χ2n) is 8.69. The first-order valence-electron chi connectivity index (χ1n) is 11.1. The molecule has 4 rings (SSSR count). The van der Waals surface area contributed by atoms with Gasteiger partial charge in [0.2, 0.25) is 0 Å². The van der Waals surface area contributed by atoms with E-state index in [0.717, 1.165) is 27.4 Å². The highest BCUT2D eigenvalue weighted by Gasteiger charge is 2.33. The summed E-state index contributed by atoms with van der Waals surface area (Å²) in [5.74, 6) is -0.445. The normalized spacial score (nSPS) is 16.1. The van der Waals surface area contributed by atoms with Gasteiger partial charge in [-0.2, -0.15) is 0 Å². The Labute approximate surface area is 207 Å². The molecule has 1 aliphatic rings. The minimum absolute atomic E-state index is 0.161. The molecular formula is C26H29N3O3S2. The van der Waals surface area contributed by atoms with E-state index >= 15 is 0 Å². The number of carbonyl (C=O) groups excluding carboxylic acids is 1. The average Bonchev–Trinajstić information content (AvgIpc) is 3.22. The molecule has 34 heavy (non-hydrogen) atoms. The number of hydrogen-bond acceptors (Lipinski definition) is 6. The maximum absolute atomic E-state index is 13.7. The van der Waals surface area contributed by atoms with Gasteiger partial charge in [-0.05, 0) is 76.3 Å². The van der Waals surface area contributed by atoms with Gasteiger partial charge in [-0.15, -0.1) is 11.8 Å². The van der Waals surface area contributed by atoms with E-state index in [2.05, 4.69) is 15.6 Å². The summed E-state index contributed by atoms with van der Waals surface area (Å²) in [6.45, 7) is 9.52. The van der Waals surface area contributed by atoms with E-state index in [1.54, 1.807) is 16.3 Å². The molecular weight excluding hydrogens is 466 g/mol. The Morgan fingerprint density at radius 2 is 1.88 bits per heavy atom. The highest BCUT2D eigenvalue weighted by Crippen LogP contribution is 2.32.